The number of sulfonamides is 1. The van der Waals surface area contributed by atoms with Gasteiger partial charge in [0.25, 0.3) is 0 Å². The van der Waals surface area contributed by atoms with Crippen LogP contribution in [0.25, 0.3) is 0 Å². The Morgan fingerprint density at radius 2 is 1.83 bits per heavy atom. The summed E-state index contributed by atoms with van der Waals surface area (Å²) in [4.78, 5) is 11.0. The Bertz CT molecular complexity index is 572. The Hall–Kier alpha value is -1.76. The summed E-state index contributed by atoms with van der Waals surface area (Å²) in [6.45, 7) is 4.49. The number of phenols is 1. The van der Waals surface area contributed by atoms with Gasteiger partial charge in [-0.1, -0.05) is 0 Å². The molecule has 3 N–H and O–H groups in total. The summed E-state index contributed by atoms with van der Waals surface area (Å²) in [6.07, 6.45) is 0. The van der Waals surface area contributed by atoms with Crippen molar-refractivity contribution >= 4 is 21.7 Å². The fraction of sp³-hybridized carbons (Fsp3) is 0.364. The number of aromatic hydroxyl groups is 1. The fourth-order valence-corrected chi connectivity index (χ4v) is 1.87. The van der Waals surface area contributed by atoms with Crippen molar-refractivity contribution in [3.05, 3.63) is 23.8 Å². The number of carboxylic acid groups (broad SMARTS) is 1. The summed E-state index contributed by atoms with van der Waals surface area (Å²) >= 11 is 0. The highest BCUT2D eigenvalue weighted by atomic mass is 32.2. The van der Waals surface area contributed by atoms with Crippen LogP contribution in [0.3, 0.4) is 0 Å². The molecule has 0 radical (unpaired) electrons. The molecule has 18 heavy (non-hydrogen) atoms. The molecular weight excluding hydrogens is 258 g/mol. The van der Waals surface area contributed by atoms with Crippen molar-refractivity contribution < 1.29 is 23.4 Å². The second kappa shape index (κ2) is 4.49. The normalized spacial score (nSPS) is 12.2. The molecule has 0 atom stereocenters. The van der Waals surface area contributed by atoms with Crippen LogP contribution in [0.5, 0.6) is 5.75 Å². The molecule has 0 aromatic heterocycles. The van der Waals surface area contributed by atoms with Gasteiger partial charge < -0.3 is 10.2 Å². The molecule has 0 aliphatic heterocycles. The lowest BCUT2D eigenvalue weighted by Crippen LogP contribution is -2.34. The van der Waals surface area contributed by atoms with Crippen molar-refractivity contribution in [3.63, 3.8) is 0 Å². The van der Waals surface area contributed by atoms with Crippen LogP contribution >= 0.6 is 0 Å². The number of aromatic carboxylic acids is 1. The molecule has 0 heterocycles. The Kier molecular flexibility index (Phi) is 3.57. The number of benzene rings is 1. The van der Waals surface area contributed by atoms with E-state index in [0.717, 1.165) is 6.07 Å². The van der Waals surface area contributed by atoms with E-state index in [0.29, 0.717) is 0 Å². The van der Waals surface area contributed by atoms with Crippen molar-refractivity contribution in [2.75, 3.05) is 4.72 Å². The van der Waals surface area contributed by atoms with Crippen molar-refractivity contribution in [3.8, 4) is 5.75 Å². The minimum Gasteiger partial charge on any atom is -0.508 e. The summed E-state index contributed by atoms with van der Waals surface area (Å²) in [6, 6.07) is 3.41. The number of hydrogen-bond acceptors (Lipinski definition) is 4. The zero-order valence-electron chi connectivity index (χ0n) is 10.3. The Morgan fingerprint density at radius 1 is 1.28 bits per heavy atom. The molecule has 0 saturated heterocycles. The van der Waals surface area contributed by atoms with E-state index in [1.807, 2.05) is 0 Å². The zero-order valence-corrected chi connectivity index (χ0v) is 11.1. The highest BCUT2D eigenvalue weighted by Crippen LogP contribution is 2.25. The maximum Gasteiger partial charge on any atom is 0.337 e. The van der Waals surface area contributed by atoms with Gasteiger partial charge in [-0.3, -0.25) is 4.72 Å². The molecule has 0 bridgehead atoms. The van der Waals surface area contributed by atoms with Crippen LogP contribution in [-0.4, -0.2) is 29.3 Å². The van der Waals surface area contributed by atoms with Gasteiger partial charge in [0.1, 0.15) is 5.75 Å². The first-order chi connectivity index (χ1) is 8.04. The van der Waals surface area contributed by atoms with Crippen molar-refractivity contribution in [2.24, 2.45) is 0 Å². The molecule has 6 nitrogen and oxygen atoms in total. The second-order valence-electron chi connectivity index (χ2n) is 4.75. The van der Waals surface area contributed by atoms with Crippen LogP contribution in [0.15, 0.2) is 18.2 Å². The molecule has 0 fully saturated rings. The average Bonchev–Trinajstić information content (AvgIpc) is 2.18. The first-order valence-electron chi connectivity index (χ1n) is 5.13. The number of nitrogens with one attached hydrogen (secondary N) is 1. The predicted octanol–water partition coefficient (Wildman–Crippen LogP) is 1.63. The number of phenolic OH excluding ortho intramolecular Hbond substituents is 1. The monoisotopic (exact) mass is 273 g/mol. The lowest BCUT2D eigenvalue weighted by molar-refractivity contribution is 0.0697. The largest absolute Gasteiger partial charge is 0.508 e. The van der Waals surface area contributed by atoms with Gasteiger partial charge in [0, 0.05) is 0 Å². The highest BCUT2D eigenvalue weighted by Gasteiger charge is 2.30. The van der Waals surface area contributed by atoms with Crippen LogP contribution < -0.4 is 4.72 Å². The summed E-state index contributed by atoms with van der Waals surface area (Å²) in [5, 5.41) is 18.1. The Morgan fingerprint density at radius 3 is 2.28 bits per heavy atom. The molecule has 0 spiro atoms. The number of carboxylic acids is 1. The molecule has 0 unspecified atom stereocenters. The van der Waals surface area contributed by atoms with Crippen LogP contribution in [-0.2, 0) is 10.0 Å². The summed E-state index contributed by atoms with van der Waals surface area (Å²) in [7, 11) is -3.71. The molecule has 0 amide bonds. The molecule has 1 aromatic rings. The maximum atomic E-state index is 11.9. The van der Waals surface area contributed by atoms with Gasteiger partial charge >= 0.3 is 5.97 Å². The number of carbonyl (C=O) groups is 1. The predicted molar refractivity (Wildman–Crippen MR) is 67.4 cm³/mol. The first kappa shape index (κ1) is 14.3. The van der Waals surface area contributed by atoms with Crippen LogP contribution in [0, 0.1) is 0 Å². The highest BCUT2D eigenvalue weighted by molar-refractivity contribution is 7.94. The van der Waals surface area contributed by atoms with E-state index in [-0.39, 0.29) is 17.0 Å². The van der Waals surface area contributed by atoms with E-state index in [4.69, 9.17) is 5.11 Å². The summed E-state index contributed by atoms with van der Waals surface area (Å²) in [5.41, 5.74) is -0.377. The van der Waals surface area contributed by atoms with Gasteiger partial charge in [0.05, 0.1) is 16.0 Å². The first-order valence-corrected chi connectivity index (χ1v) is 6.61. The van der Waals surface area contributed by atoms with Crippen molar-refractivity contribution in [1.82, 2.24) is 0 Å². The van der Waals surface area contributed by atoms with E-state index in [2.05, 4.69) is 4.72 Å². The molecule has 7 heteroatoms. The molecule has 100 valence electrons. The maximum absolute atomic E-state index is 11.9. The standard InChI is InChI=1S/C11H15NO5S/c1-11(2,3)18(16,17)12-9-5-4-7(13)6-8(9)10(14)15/h4-6,12-13H,1-3H3,(H,14,15). The number of rotatable bonds is 3. The van der Waals surface area contributed by atoms with Gasteiger partial charge in [0.15, 0.2) is 0 Å². The van der Waals surface area contributed by atoms with Gasteiger partial charge in [-0.05, 0) is 39.0 Å². The van der Waals surface area contributed by atoms with E-state index < -0.39 is 20.7 Å². The quantitative estimate of drug-likeness (QED) is 0.726. The van der Waals surface area contributed by atoms with Gasteiger partial charge in [0.2, 0.25) is 10.0 Å². The van der Waals surface area contributed by atoms with Gasteiger partial charge in [-0.15, -0.1) is 0 Å². The molecule has 0 aliphatic carbocycles. The van der Waals surface area contributed by atoms with Crippen LogP contribution in [0.1, 0.15) is 31.1 Å². The smallest absolute Gasteiger partial charge is 0.337 e. The second-order valence-corrected chi connectivity index (χ2v) is 7.19. The zero-order chi connectivity index (χ0) is 14.1. The van der Waals surface area contributed by atoms with Crippen LogP contribution in [0.2, 0.25) is 0 Å². The minimum absolute atomic E-state index is 0.0739. The van der Waals surface area contributed by atoms with Crippen LogP contribution in [0.4, 0.5) is 5.69 Å². The summed E-state index contributed by atoms with van der Waals surface area (Å²) in [5.74, 6) is -1.57. The molecule has 1 rings (SSSR count). The third-order valence-electron chi connectivity index (χ3n) is 2.28. The van der Waals surface area contributed by atoms with Crippen molar-refractivity contribution in [1.29, 1.82) is 0 Å². The average molecular weight is 273 g/mol. The third-order valence-corrected chi connectivity index (χ3v) is 4.39. The lowest BCUT2D eigenvalue weighted by atomic mass is 10.2. The molecule has 0 aliphatic rings. The minimum atomic E-state index is -3.71. The Balaban J connectivity index is 3.25. The number of hydrogen-bond donors (Lipinski definition) is 3. The van der Waals surface area contributed by atoms with E-state index in [1.165, 1.54) is 32.9 Å². The Labute approximate surface area is 105 Å². The molecule has 0 saturated carbocycles. The molecule has 1 aromatic carbocycles. The summed E-state index contributed by atoms with van der Waals surface area (Å²) < 4.78 is 25.0. The SMILES string of the molecule is CC(C)(C)S(=O)(=O)Nc1ccc(O)cc1C(=O)O. The van der Waals surface area contributed by atoms with E-state index in [9.17, 15) is 18.3 Å². The van der Waals surface area contributed by atoms with E-state index in [1.54, 1.807) is 0 Å². The topological polar surface area (TPSA) is 104 Å². The third kappa shape index (κ3) is 2.92. The van der Waals surface area contributed by atoms with Crippen molar-refractivity contribution in [2.45, 2.75) is 25.5 Å². The lowest BCUT2D eigenvalue weighted by Gasteiger charge is -2.21. The van der Waals surface area contributed by atoms with Gasteiger partial charge in [-0.2, -0.15) is 0 Å². The van der Waals surface area contributed by atoms with E-state index >= 15 is 0 Å². The number of anilines is 1. The molecular formula is C11H15NO5S. The van der Waals surface area contributed by atoms with Gasteiger partial charge in [-0.25, -0.2) is 13.2 Å². The fourth-order valence-electron chi connectivity index (χ4n) is 1.10.